The van der Waals surface area contributed by atoms with Gasteiger partial charge in [0, 0.05) is 15.6 Å². The molecule has 3 heteroatoms. The Morgan fingerprint density at radius 2 is 2.15 bits per heavy atom. The first-order valence-corrected chi connectivity index (χ1v) is 4.88. The second-order valence-corrected chi connectivity index (χ2v) is 4.02. The monoisotopic (exact) mass is 239 g/mol. The van der Waals surface area contributed by atoms with Crippen LogP contribution in [0.5, 0.6) is 0 Å². The number of halogens is 1. The lowest BCUT2D eigenvalue weighted by molar-refractivity contribution is 0.278. The summed E-state index contributed by atoms with van der Waals surface area (Å²) in [5.41, 5.74) is 3.11. The standard InChI is InChI=1S/C10H10BrNO/c1-6-2-7-4-8(5-13)12-10(7)9(11)3-6/h2-4,12-13H,5H2,1H3. The third-order valence-corrected chi connectivity index (χ3v) is 2.68. The molecule has 0 aliphatic carbocycles. The summed E-state index contributed by atoms with van der Waals surface area (Å²) in [5, 5.41) is 10.1. The highest BCUT2D eigenvalue weighted by molar-refractivity contribution is 9.10. The fourth-order valence-electron chi connectivity index (χ4n) is 1.48. The van der Waals surface area contributed by atoms with Gasteiger partial charge in [-0.15, -0.1) is 0 Å². The zero-order valence-electron chi connectivity index (χ0n) is 7.26. The first kappa shape index (κ1) is 8.78. The van der Waals surface area contributed by atoms with Crippen LogP contribution < -0.4 is 0 Å². The van der Waals surface area contributed by atoms with Crippen LogP contribution in [0.3, 0.4) is 0 Å². The summed E-state index contributed by atoms with van der Waals surface area (Å²) in [4.78, 5) is 3.14. The van der Waals surface area contributed by atoms with Gasteiger partial charge in [0.05, 0.1) is 12.1 Å². The molecule has 0 bridgehead atoms. The van der Waals surface area contributed by atoms with Crippen LogP contribution in [0, 0.1) is 6.92 Å². The molecule has 1 aromatic carbocycles. The molecule has 2 nitrogen and oxygen atoms in total. The maximum Gasteiger partial charge on any atom is 0.0831 e. The topological polar surface area (TPSA) is 36.0 Å². The Labute approximate surface area is 84.7 Å². The normalized spacial score (nSPS) is 11.0. The maximum absolute atomic E-state index is 8.95. The van der Waals surface area contributed by atoms with Gasteiger partial charge in [0.15, 0.2) is 0 Å². The molecule has 0 saturated heterocycles. The van der Waals surface area contributed by atoms with Crippen molar-refractivity contribution in [2.75, 3.05) is 0 Å². The molecule has 0 aliphatic heterocycles. The lowest BCUT2D eigenvalue weighted by atomic mass is 10.2. The Hall–Kier alpha value is -0.800. The van der Waals surface area contributed by atoms with Crippen LogP contribution in [0.1, 0.15) is 11.3 Å². The molecule has 1 heterocycles. The predicted octanol–water partition coefficient (Wildman–Crippen LogP) is 2.73. The number of hydrogen-bond donors (Lipinski definition) is 2. The van der Waals surface area contributed by atoms with E-state index in [9.17, 15) is 0 Å². The second kappa shape index (κ2) is 3.16. The highest BCUT2D eigenvalue weighted by Crippen LogP contribution is 2.25. The Kier molecular flexibility index (Phi) is 2.14. The van der Waals surface area contributed by atoms with E-state index >= 15 is 0 Å². The summed E-state index contributed by atoms with van der Waals surface area (Å²) in [6.07, 6.45) is 0. The van der Waals surface area contributed by atoms with Gasteiger partial charge in [-0.25, -0.2) is 0 Å². The van der Waals surface area contributed by atoms with Crippen molar-refractivity contribution in [1.29, 1.82) is 0 Å². The molecule has 0 amide bonds. The molecule has 2 aromatic rings. The van der Waals surface area contributed by atoms with Gasteiger partial charge in [-0.3, -0.25) is 0 Å². The van der Waals surface area contributed by atoms with Crippen molar-refractivity contribution in [1.82, 2.24) is 4.98 Å². The van der Waals surface area contributed by atoms with Crippen molar-refractivity contribution in [3.8, 4) is 0 Å². The molecule has 0 atom stereocenters. The molecule has 2 N–H and O–H groups in total. The zero-order chi connectivity index (χ0) is 9.42. The van der Waals surface area contributed by atoms with Crippen molar-refractivity contribution in [2.24, 2.45) is 0 Å². The van der Waals surface area contributed by atoms with E-state index in [1.54, 1.807) is 0 Å². The van der Waals surface area contributed by atoms with Gasteiger partial charge in [0.1, 0.15) is 0 Å². The van der Waals surface area contributed by atoms with Crippen molar-refractivity contribution in [2.45, 2.75) is 13.5 Å². The molecule has 0 spiro atoms. The van der Waals surface area contributed by atoms with Gasteiger partial charge in [-0.2, -0.15) is 0 Å². The van der Waals surface area contributed by atoms with Gasteiger partial charge in [0.2, 0.25) is 0 Å². The average molecular weight is 240 g/mol. The molecule has 68 valence electrons. The number of nitrogens with one attached hydrogen (secondary N) is 1. The van der Waals surface area contributed by atoms with Crippen molar-refractivity contribution < 1.29 is 5.11 Å². The summed E-state index contributed by atoms with van der Waals surface area (Å²) in [5.74, 6) is 0. The Balaban J connectivity index is 2.75. The van der Waals surface area contributed by atoms with Gasteiger partial charge >= 0.3 is 0 Å². The van der Waals surface area contributed by atoms with E-state index in [1.165, 1.54) is 5.56 Å². The van der Waals surface area contributed by atoms with Crippen LogP contribution in [0.4, 0.5) is 0 Å². The maximum atomic E-state index is 8.95. The van der Waals surface area contributed by atoms with Crippen LogP contribution in [-0.4, -0.2) is 10.1 Å². The molecule has 0 radical (unpaired) electrons. The van der Waals surface area contributed by atoms with Gasteiger partial charge < -0.3 is 10.1 Å². The molecule has 0 saturated carbocycles. The third-order valence-electron chi connectivity index (χ3n) is 2.05. The molecule has 0 unspecified atom stereocenters. The van der Waals surface area contributed by atoms with Crippen LogP contribution in [0.2, 0.25) is 0 Å². The number of fused-ring (bicyclic) bond motifs is 1. The highest BCUT2D eigenvalue weighted by atomic mass is 79.9. The number of aliphatic hydroxyl groups is 1. The minimum absolute atomic E-state index is 0.0557. The summed E-state index contributed by atoms with van der Waals surface area (Å²) in [7, 11) is 0. The lowest BCUT2D eigenvalue weighted by Gasteiger charge is -1.96. The number of benzene rings is 1. The van der Waals surface area contributed by atoms with Crippen molar-refractivity contribution in [3.05, 3.63) is 33.9 Å². The van der Waals surface area contributed by atoms with Crippen LogP contribution in [-0.2, 0) is 6.61 Å². The van der Waals surface area contributed by atoms with Crippen LogP contribution >= 0.6 is 15.9 Å². The Morgan fingerprint density at radius 3 is 2.85 bits per heavy atom. The van der Waals surface area contributed by atoms with Crippen molar-refractivity contribution >= 4 is 26.8 Å². The first-order valence-electron chi connectivity index (χ1n) is 4.09. The molecule has 2 rings (SSSR count). The molecule has 0 aliphatic rings. The van der Waals surface area contributed by atoms with Crippen LogP contribution in [0.15, 0.2) is 22.7 Å². The van der Waals surface area contributed by atoms with E-state index in [4.69, 9.17) is 5.11 Å². The van der Waals surface area contributed by atoms with E-state index in [0.29, 0.717) is 0 Å². The fraction of sp³-hybridized carbons (Fsp3) is 0.200. The Morgan fingerprint density at radius 1 is 1.38 bits per heavy atom. The van der Waals surface area contributed by atoms with E-state index in [-0.39, 0.29) is 6.61 Å². The minimum Gasteiger partial charge on any atom is -0.390 e. The largest absolute Gasteiger partial charge is 0.390 e. The second-order valence-electron chi connectivity index (χ2n) is 3.16. The summed E-state index contributed by atoms with van der Waals surface area (Å²) >= 11 is 3.48. The molecular weight excluding hydrogens is 230 g/mol. The van der Waals surface area contributed by atoms with E-state index in [2.05, 4.69) is 40.0 Å². The predicted molar refractivity (Wildman–Crippen MR) is 56.7 cm³/mol. The molecule has 0 fully saturated rings. The van der Waals surface area contributed by atoms with Gasteiger partial charge in [-0.1, -0.05) is 0 Å². The summed E-state index contributed by atoms with van der Waals surface area (Å²) < 4.78 is 1.04. The number of aromatic nitrogens is 1. The summed E-state index contributed by atoms with van der Waals surface area (Å²) in [6.45, 7) is 2.11. The van der Waals surface area contributed by atoms with E-state index in [0.717, 1.165) is 21.1 Å². The van der Waals surface area contributed by atoms with E-state index in [1.807, 2.05) is 6.07 Å². The smallest absolute Gasteiger partial charge is 0.0831 e. The Bertz CT molecular complexity index is 447. The van der Waals surface area contributed by atoms with Gasteiger partial charge in [-0.05, 0) is 46.6 Å². The summed E-state index contributed by atoms with van der Waals surface area (Å²) in [6, 6.07) is 6.11. The number of aromatic amines is 1. The molecular formula is C10H10BrNO. The third kappa shape index (κ3) is 1.49. The number of hydrogen-bond acceptors (Lipinski definition) is 1. The first-order chi connectivity index (χ1) is 6.20. The molecule has 13 heavy (non-hydrogen) atoms. The number of aliphatic hydroxyl groups excluding tert-OH is 1. The number of H-pyrrole nitrogens is 1. The molecule has 1 aromatic heterocycles. The highest BCUT2D eigenvalue weighted by Gasteiger charge is 2.03. The van der Waals surface area contributed by atoms with Crippen LogP contribution in [0.25, 0.3) is 10.9 Å². The van der Waals surface area contributed by atoms with E-state index < -0.39 is 0 Å². The fourth-order valence-corrected chi connectivity index (χ4v) is 2.17. The average Bonchev–Trinajstić information content (AvgIpc) is 2.47. The quantitative estimate of drug-likeness (QED) is 0.789. The lowest BCUT2D eigenvalue weighted by Crippen LogP contribution is -1.79. The zero-order valence-corrected chi connectivity index (χ0v) is 8.85. The number of aryl methyl sites for hydroxylation is 1. The van der Waals surface area contributed by atoms with Gasteiger partial charge in [0.25, 0.3) is 0 Å². The van der Waals surface area contributed by atoms with Crippen molar-refractivity contribution in [3.63, 3.8) is 0 Å². The number of rotatable bonds is 1. The minimum atomic E-state index is 0.0557. The SMILES string of the molecule is Cc1cc(Br)c2[nH]c(CO)cc2c1.